The topological polar surface area (TPSA) is 35.6 Å². The molecule has 20 heavy (non-hydrogen) atoms. The van der Waals surface area contributed by atoms with Crippen LogP contribution >= 0.6 is 0 Å². The quantitative estimate of drug-likeness (QED) is 0.863. The Kier molecular flexibility index (Phi) is 4.62. The van der Waals surface area contributed by atoms with E-state index in [-0.39, 0.29) is 12.1 Å². The Bertz CT molecular complexity index is 346. The third-order valence-electron chi connectivity index (χ3n) is 5.11. The number of rotatable bonds is 3. The molecule has 0 bridgehead atoms. The number of hydrogen-bond donors (Lipinski definition) is 1. The number of nitrogens with one attached hydrogen (secondary N) is 1. The van der Waals surface area contributed by atoms with Gasteiger partial charge >= 0.3 is 6.03 Å². The lowest BCUT2D eigenvalue weighted by Crippen LogP contribution is -2.64. The van der Waals surface area contributed by atoms with E-state index in [0.29, 0.717) is 11.5 Å². The highest BCUT2D eigenvalue weighted by Gasteiger charge is 2.44. The van der Waals surface area contributed by atoms with Crippen LogP contribution in [0.2, 0.25) is 0 Å². The lowest BCUT2D eigenvalue weighted by molar-refractivity contribution is 0.0413. The third kappa shape index (κ3) is 2.95. The van der Waals surface area contributed by atoms with Crippen LogP contribution in [0.1, 0.15) is 47.5 Å². The minimum absolute atomic E-state index is 0.224. The molecule has 116 valence electrons. The van der Waals surface area contributed by atoms with E-state index in [1.165, 1.54) is 0 Å². The summed E-state index contributed by atoms with van der Waals surface area (Å²) in [5.41, 5.74) is 0.435. The van der Waals surface area contributed by atoms with Gasteiger partial charge in [-0.25, -0.2) is 4.79 Å². The highest BCUT2D eigenvalue weighted by molar-refractivity contribution is 5.74. The van der Waals surface area contributed by atoms with E-state index in [4.69, 9.17) is 0 Å². The molecular formula is C16H31N3O. The van der Waals surface area contributed by atoms with Gasteiger partial charge in [-0.2, -0.15) is 0 Å². The van der Waals surface area contributed by atoms with Crippen molar-refractivity contribution in [2.24, 2.45) is 11.3 Å². The molecule has 2 fully saturated rings. The smallest absolute Gasteiger partial charge is 0.320 e. The van der Waals surface area contributed by atoms with Gasteiger partial charge in [0, 0.05) is 38.3 Å². The Morgan fingerprint density at radius 3 is 2.30 bits per heavy atom. The number of hydrogen-bond acceptors (Lipinski definition) is 2. The minimum atomic E-state index is 0.224. The highest BCUT2D eigenvalue weighted by Crippen LogP contribution is 2.37. The first-order valence-electron chi connectivity index (χ1n) is 8.15. The first kappa shape index (κ1) is 15.6. The Labute approximate surface area is 123 Å². The molecule has 0 aliphatic carbocycles. The van der Waals surface area contributed by atoms with E-state index in [0.717, 1.165) is 44.9 Å². The van der Waals surface area contributed by atoms with Crippen molar-refractivity contribution in [3.05, 3.63) is 0 Å². The van der Waals surface area contributed by atoms with Crippen molar-refractivity contribution in [1.29, 1.82) is 0 Å². The number of carbonyl (C=O) groups excluding carboxylic acids is 1. The summed E-state index contributed by atoms with van der Waals surface area (Å²) in [6, 6.07) is 1.16. The zero-order chi connectivity index (χ0) is 14.9. The van der Waals surface area contributed by atoms with Crippen LogP contribution in [0.4, 0.5) is 4.79 Å². The SMILES string of the molecule is CCN(C(=O)N1CCC(C2NCC2(C)C)CC1)C(C)C. The summed E-state index contributed by atoms with van der Waals surface area (Å²) in [5.74, 6) is 0.733. The summed E-state index contributed by atoms with van der Waals surface area (Å²) in [7, 11) is 0. The predicted molar refractivity (Wildman–Crippen MR) is 82.8 cm³/mol. The Hall–Kier alpha value is -0.770. The molecule has 0 spiro atoms. The Morgan fingerprint density at radius 2 is 1.95 bits per heavy atom. The van der Waals surface area contributed by atoms with E-state index in [1.54, 1.807) is 0 Å². The predicted octanol–water partition coefficient (Wildman–Crippen LogP) is 2.55. The van der Waals surface area contributed by atoms with Crippen molar-refractivity contribution in [3.8, 4) is 0 Å². The lowest BCUT2D eigenvalue weighted by atomic mass is 9.68. The molecule has 2 aliphatic rings. The van der Waals surface area contributed by atoms with Crippen molar-refractivity contribution in [2.75, 3.05) is 26.2 Å². The molecule has 4 heteroatoms. The van der Waals surface area contributed by atoms with Gasteiger partial charge in [0.1, 0.15) is 0 Å². The first-order chi connectivity index (χ1) is 9.36. The van der Waals surface area contributed by atoms with Crippen molar-refractivity contribution >= 4 is 6.03 Å². The number of urea groups is 1. The third-order valence-corrected chi connectivity index (χ3v) is 5.11. The first-order valence-corrected chi connectivity index (χ1v) is 8.15. The van der Waals surface area contributed by atoms with Gasteiger partial charge in [0.25, 0.3) is 0 Å². The van der Waals surface area contributed by atoms with Crippen LogP contribution < -0.4 is 5.32 Å². The van der Waals surface area contributed by atoms with Gasteiger partial charge in [-0.1, -0.05) is 13.8 Å². The second kappa shape index (κ2) is 5.92. The van der Waals surface area contributed by atoms with Gasteiger partial charge in [-0.15, -0.1) is 0 Å². The second-order valence-corrected chi connectivity index (χ2v) is 7.33. The number of amides is 2. The number of piperidine rings is 1. The monoisotopic (exact) mass is 281 g/mol. The standard InChI is InChI=1S/C16H31N3O/c1-6-19(12(2)3)15(20)18-9-7-13(8-10-18)14-16(4,5)11-17-14/h12-14,17H,6-11H2,1-5H3. The average Bonchev–Trinajstić information content (AvgIpc) is 2.38. The van der Waals surface area contributed by atoms with Crippen LogP contribution in [0.25, 0.3) is 0 Å². The van der Waals surface area contributed by atoms with E-state index < -0.39 is 0 Å². The molecule has 0 aromatic carbocycles. The van der Waals surface area contributed by atoms with E-state index in [9.17, 15) is 4.79 Å². The van der Waals surface area contributed by atoms with Gasteiger partial charge in [-0.05, 0) is 44.9 Å². The molecule has 0 aromatic rings. The maximum absolute atomic E-state index is 12.5. The molecule has 1 unspecified atom stereocenters. The van der Waals surface area contributed by atoms with Crippen LogP contribution in [0.3, 0.4) is 0 Å². The van der Waals surface area contributed by atoms with Crippen LogP contribution in [0.15, 0.2) is 0 Å². The molecule has 2 saturated heterocycles. The second-order valence-electron chi connectivity index (χ2n) is 7.33. The summed E-state index contributed by atoms with van der Waals surface area (Å²) >= 11 is 0. The van der Waals surface area contributed by atoms with Crippen molar-refractivity contribution in [3.63, 3.8) is 0 Å². The summed E-state index contributed by atoms with van der Waals surface area (Å²) in [6.07, 6.45) is 2.28. The molecule has 0 saturated carbocycles. The number of nitrogens with zero attached hydrogens (tertiary/aromatic N) is 2. The molecule has 2 aliphatic heterocycles. The van der Waals surface area contributed by atoms with Crippen LogP contribution in [0, 0.1) is 11.3 Å². The Balaban J connectivity index is 1.86. The molecule has 1 atom stereocenters. The van der Waals surface area contributed by atoms with Crippen molar-refractivity contribution < 1.29 is 4.79 Å². The fraction of sp³-hybridized carbons (Fsp3) is 0.938. The van der Waals surface area contributed by atoms with Crippen LogP contribution in [-0.2, 0) is 0 Å². The maximum atomic E-state index is 12.5. The van der Waals surface area contributed by atoms with Gasteiger partial charge in [0.05, 0.1) is 0 Å². The van der Waals surface area contributed by atoms with E-state index in [2.05, 4.69) is 39.9 Å². The summed E-state index contributed by atoms with van der Waals surface area (Å²) in [4.78, 5) is 16.5. The van der Waals surface area contributed by atoms with Crippen molar-refractivity contribution in [2.45, 2.75) is 59.5 Å². The Morgan fingerprint density at radius 1 is 1.35 bits per heavy atom. The lowest BCUT2D eigenvalue weighted by Gasteiger charge is -2.52. The number of carbonyl (C=O) groups is 1. The van der Waals surface area contributed by atoms with Crippen LogP contribution in [0.5, 0.6) is 0 Å². The van der Waals surface area contributed by atoms with Gasteiger partial charge in [0.15, 0.2) is 0 Å². The summed E-state index contributed by atoms with van der Waals surface area (Å²) in [6.45, 7) is 14.7. The highest BCUT2D eigenvalue weighted by atomic mass is 16.2. The minimum Gasteiger partial charge on any atom is -0.325 e. The summed E-state index contributed by atoms with van der Waals surface area (Å²) < 4.78 is 0. The normalized spacial score (nSPS) is 26.5. The van der Waals surface area contributed by atoms with E-state index in [1.807, 2.05) is 9.80 Å². The molecule has 0 aromatic heterocycles. The molecule has 2 amide bonds. The zero-order valence-corrected chi connectivity index (χ0v) is 13.8. The largest absolute Gasteiger partial charge is 0.325 e. The molecule has 4 nitrogen and oxygen atoms in total. The van der Waals surface area contributed by atoms with Gasteiger partial charge in [-0.3, -0.25) is 0 Å². The maximum Gasteiger partial charge on any atom is 0.320 e. The molecule has 1 N–H and O–H groups in total. The fourth-order valence-electron chi connectivity index (χ4n) is 3.76. The average molecular weight is 281 g/mol. The summed E-state index contributed by atoms with van der Waals surface area (Å²) in [5, 5.41) is 3.59. The van der Waals surface area contributed by atoms with Crippen molar-refractivity contribution in [1.82, 2.24) is 15.1 Å². The molecular weight excluding hydrogens is 250 g/mol. The van der Waals surface area contributed by atoms with Gasteiger partial charge < -0.3 is 15.1 Å². The van der Waals surface area contributed by atoms with Crippen LogP contribution in [-0.4, -0.2) is 54.1 Å². The van der Waals surface area contributed by atoms with E-state index >= 15 is 0 Å². The zero-order valence-electron chi connectivity index (χ0n) is 13.8. The molecule has 0 radical (unpaired) electrons. The van der Waals surface area contributed by atoms with Gasteiger partial charge in [0.2, 0.25) is 0 Å². The molecule has 2 heterocycles. The number of likely N-dealkylation sites (tertiary alicyclic amines) is 1. The molecule has 2 rings (SSSR count). The fourth-order valence-corrected chi connectivity index (χ4v) is 3.76.